The lowest BCUT2D eigenvalue weighted by Gasteiger charge is -2.09. The average molecular weight is 373 g/mol. The number of hydrogen-bond donors (Lipinski definition) is 0. The fourth-order valence-electron chi connectivity index (χ4n) is 2.94. The van der Waals surface area contributed by atoms with Gasteiger partial charge in [-0.15, -0.1) is 16.8 Å². The number of hydrogen-bond acceptors (Lipinski definition) is 5. The maximum Gasteiger partial charge on any atom is 0.263 e. The van der Waals surface area contributed by atoms with E-state index < -0.39 is 0 Å². The Hall–Kier alpha value is -3.37. The number of thioether (sulfide) groups is 1. The third-order valence-corrected chi connectivity index (χ3v) is 5.24. The summed E-state index contributed by atoms with van der Waals surface area (Å²) in [6, 6.07) is 17.0. The van der Waals surface area contributed by atoms with Gasteiger partial charge in [0.25, 0.3) is 5.56 Å². The number of nitriles is 1. The van der Waals surface area contributed by atoms with Gasteiger partial charge >= 0.3 is 0 Å². The van der Waals surface area contributed by atoms with E-state index in [0.717, 1.165) is 11.1 Å². The van der Waals surface area contributed by atoms with Crippen LogP contribution in [0.25, 0.3) is 16.7 Å². The Morgan fingerprint density at radius 1 is 1.15 bits per heavy atom. The van der Waals surface area contributed by atoms with Crippen molar-refractivity contribution in [2.24, 2.45) is 0 Å². The molecule has 0 aliphatic carbocycles. The maximum atomic E-state index is 12.8. The summed E-state index contributed by atoms with van der Waals surface area (Å²) in [4.78, 5) is 12.8. The summed E-state index contributed by atoms with van der Waals surface area (Å²) in [5.41, 5.74) is 2.40. The van der Waals surface area contributed by atoms with Crippen molar-refractivity contribution in [2.45, 2.75) is 17.5 Å². The molecule has 0 saturated heterocycles. The smallest absolute Gasteiger partial charge is 0.263 e. The molecule has 2 heterocycles. The molecule has 7 heteroatoms. The van der Waals surface area contributed by atoms with Crippen LogP contribution in [-0.4, -0.2) is 19.2 Å². The van der Waals surface area contributed by atoms with Crippen LogP contribution in [0, 0.1) is 11.3 Å². The summed E-state index contributed by atoms with van der Waals surface area (Å²) in [6.45, 7) is 4.10. The lowest BCUT2D eigenvalue weighted by molar-refractivity contribution is 0.783. The highest BCUT2D eigenvalue weighted by atomic mass is 32.2. The van der Waals surface area contributed by atoms with Crippen LogP contribution < -0.4 is 5.56 Å². The molecule has 4 rings (SSSR count). The van der Waals surface area contributed by atoms with Gasteiger partial charge < -0.3 is 0 Å². The fraction of sp³-hybridized carbons (Fsp3) is 0.100. The van der Waals surface area contributed by atoms with Crippen LogP contribution in [0.3, 0.4) is 0 Å². The van der Waals surface area contributed by atoms with E-state index in [4.69, 9.17) is 5.26 Å². The zero-order valence-electron chi connectivity index (χ0n) is 14.4. The first-order chi connectivity index (χ1) is 13.2. The molecule has 0 unspecified atom stereocenters. The Kier molecular flexibility index (Phi) is 4.48. The molecule has 0 atom stereocenters. The van der Waals surface area contributed by atoms with Gasteiger partial charge in [0.1, 0.15) is 0 Å². The van der Waals surface area contributed by atoms with E-state index >= 15 is 0 Å². The zero-order chi connectivity index (χ0) is 18.8. The topological polar surface area (TPSA) is 76.0 Å². The second kappa shape index (κ2) is 7.09. The first-order valence-electron chi connectivity index (χ1n) is 8.32. The Labute approximate surface area is 159 Å². The predicted octanol–water partition coefficient (Wildman–Crippen LogP) is 3.39. The van der Waals surface area contributed by atoms with Gasteiger partial charge in [-0.05, 0) is 29.8 Å². The molecule has 0 aliphatic rings. The van der Waals surface area contributed by atoms with E-state index in [0.29, 0.717) is 34.2 Å². The lowest BCUT2D eigenvalue weighted by Crippen LogP contribution is -2.22. The molecule has 0 bridgehead atoms. The minimum atomic E-state index is -0.103. The van der Waals surface area contributed by atoms with Crippen LogP contribution in [-0.2, 0) is 12.3 Å². The Balaban J connectivity index is 1.80. The molecule has 0 amide bonds. The van der Waals surface area contributed by atoms with Gasteiger partial charge in [-0.25, -0.2) is 0 Å². The van der Waals surface area contributed by atoms with Crippen molar-refractivity contribution < 1.29 is 0 Å². The van der Waals surface area contributed by atoms with Gasteiger partial charge in [0.2, 0.25) is 5.78 Å². The lowest BCUT2D eigenvalue weighted by atomic mass is 10.2. The second-order valence-electron chi connectivity index (χ2n) is 5.94. The molecule has 2 aromatic heterocycles. The molecule has 0 aliphatic heterocycles. The van der Waals surface area contributed by atoms with Gasteiger partial charge in [-0.3, -0.25) is 13.8 Å². The predicted molar refractivity (Wildman–Crippen MR) is 106 cm³/mol. The quantitative estimate of drug-likeness (QED) is 0.396. The zero-order valence-corrected chi connectivity index (χ0v) is 15.2. The maximum absolute atomic E-state index is 12.8. The van der Waals surface area contributed by atoms with Crippen molar-refractivity contribution in [1.82, 2.24) is 19.2 Å². The van der Waals surface area contributed by atoms with Crippen molar-refractivity contribution in [1.29, 1.82) is 5.26 Å². The number of benzene rings is 2. The molecule has 0 spiro atoms. The van der Waals surface area contributed by atoms with Crippen molar-refractivity contribution in [2.75, 3.05) is 0 Å². The van der Waals surface area contributed by atoms with E-state index in [2.05, 4.69) is 22.8 Å². The van der Waals surface area contributed by atoms with Gasteiger partial charge in [0, 0.05) is 12.3 Å². The monoisotopic (exact) mass is 373 g/mol. The molecule has 4 aromatic rings. The minimum Gasteiger partial charge on any atom is -0.272 e. The number of allylic oxidation sites excluding steroid dienone is 1. The molecule has 0 radical (unpaired) electrons. The van der Waals surface area contributed by atoms with Crippen molar-refractivity contribution in [3.63, 3.8) is 0 Å². The van der Waals surface area contributed by atoms with Crippen LogP contribution in [0.5, 0.6) is 0 Å². The molecular formula is C20H15N5OS. The van der Waals surface area contributed by atoms with Gasteiger partial charge in [-0.2, -0.15) is 5.26 Å². The summed E-state index contributed by atoms with van der Waals surface area (Å²) in [6.07, 6.45) is 1.68. The number of para-hydroxylation sites is 1. The van der Waals surface area contributed by atoms with E-state index in [9.17, 15) is 4.79 Å². The van der Waals surface area contributed by atoms with Crippen LogP contribution >= 0.6 is 11.8 Å². The van der Waals surface area contributed by atoms with Crippen molar-refractivity contribution in [3.05, 3.63) is 82.7 Å². The summed E-state index contributed by atoms with van der Waals surface area (Å²) in [7, 11) is 0. The molecule has 132 valence electrons. The van der Waals surface area contributed by atoms with Gasteiger partial charge in [0.15, 0.2) is 5.16 Å². The number of nitrogens with zero attached hydrogens (tertiary/aromatic N) is 5. The van der Waals surface area contributed by atoms with Gasteiger partial charge in [-0.1, -0.05) is 42.1 Å². The molecular weight excluding hydrogens is 358 g/mol. The second-order valence-corrected chi connectivity index (χ2v) is 6.88. The molecule has 0 saturated carbocycles. The van der Waals surface area contributed by atoms with Crippen LogP contribution in [0.1, 0.15) is 11.1 Å². The standard InChI is InChI=1S/C20H15N5OS/c1-2-11-24-18(26)16-5-3-4-6-17(16)25-19(24)22-23-20(25)27-13-15-9-7-14(12-21)8-10-15/h2-10H,1,11,13H2. The van der Waals surface area contributed by atoms with Crippen molar-refractivity contribution >= 4 is 28.4 Å². The third-order valence-electron chi connectivity index (χ3n) is 4.24. The third kappa shape index (κ3) is 3.00. The Morgan fingerprint density at radius 3 is 2.67 bits per heavy atom. The number of fused-ring (bicyclic) bond motifs is 3. The molecule has 27 heavy (non-hydrogen) atoms. The average Bonchev–Trinajstić information content (AvgIpc) is 3.14. The summed E-state index contributed by atoms with van der Waals surface area (Å²) < 4.78 is 3.49. The SMILES string of the molecule is C=CCn1c(=O)c2ccccc2n2c(SCc3ccc(C#N)cc3)nnc12. The first kappa shape index (κ1) is 17.1. The minimum absolute atomic E-state index is 0.103. The number of rotatable bonds is 5. The Bertz CT molecular complexity index is 1250. The van der Waals surface area contributed by atoms with E-state index in [-0.39, 0.29) is 5.56 Å². The normalized spacial score (nSPS) is 10.9. The van der Waals surface area contributed by atoms with Crippen LogP contribution in [0.15, 0.2) is 71.1 Å². The largest absolute Gasteiger partial charge is 0.272 e. The summed E-state index contributed by atoms with van der Waals surface area (Å²) in [5.74, 6) is 1.18. The van der Waals surface area contributed by atoms with E-state index in [1.807, 2.05) is 40.8 Å². The van der Waals surface area contributed by atoms with E-state index in [1.54, 1.807) is 22.8 Å². The van der Waals surface area contributed by atoms with Gasteiger partial charge in [0.05, 0.1) is 22.5 Å². The highest BCUT2D eigenvalue weighted by Gasteiger charge is 2.16. The van der Waals surface area contributed by atoms with E-state index in [1.165, 1.54) is 11.8 Å². The van der Waals surface area contributed by atoms with Crippen LogP contribution in [0.4, 0.5) is 0 Å². The fourth-order valence-corrected chi connectivity index (χ4v) is 3.84. The molecule has 6 nitrogen and oxygen atoms in total. The Morgan fingerprint density at radius 2 is 1.93 bits per heavy atom. The molecule has 0 N–H and O–H groups in total. The molecule has 2 aromatic carbocycles. The summed E-state index contributed by atoms with van der Waals surface area (Å²) in [5, 5.41) is 18.8. The number of aromatic nitrogens is 4. The first-order valence-corrected chi connectivity index (χ1v) is 9.31. The highest BCUT2D eigenvalue weighted by molar-refractivity contribution is 7.98. The van der Waals surface area contributed by atoms with Crippen LogP contribution in [0.2, 0.25) is 0 Å². The van der Waals surface area contributed by atoms with Crippen molar-refractivity contribution in [3.8, 4) is 6.07 Å². The highest BCUT2D eigenvalue weighted by Crippen LogP contribution is 2.24. The molecule has 0 fully saturated rings. The summed E-state index contributed by atoms with van der Waals surface area (Å²) >= 11 is 1.54.